The van der Waals surface area contributed by atoms with Crippen molar-refractivity contribution in [3.63, 3.8) is 0 Å². The lowest BCUT2D eigenvalue weighted by Gasteiger charge is -2.10. The Balaban J connectivity index is 2.18. The molecule has 1 N–H and O–H groups in total. The minimum Gasteiger partial charge on any atom is -0.508 e. The summed E-state index contributed by atoms with van der Waals surface area (Å²) in [4.78, 5) is 0. The molecule has 3 rings (SSSR count). The van der Waals surface area contributed by atoms with Crippen molar-refractivity contribution in [2.24, 2.45) is 0 Å². The van der Waals surface area contributed by atoms with Crippen LogP contribution in [-0.2, 0) is 0 Å². The maximum Gasteiger partial charge on any atom is 0.116 e. The topological polar surface area (TPSA) is 20.2 Å². The van der Waals surface area contributed by atoms with E-state index in [0.29, 0.717) is 0 Å². The van der Waals surface area contributed by atoms with Gasteiger partial charge in [-0.25, -0.2) is 0 Å². The lowest BCUT2D eigenvalue weighted by molar-refractivity contribution is 0.475. The summed E-state index contributed by atoms with van der Waals surface area (Å²) in [5.74, 6) is 0.289. The molecule has 3 aromatic carbocycles. The Kier molecular flexibility index (Phi) is 4.06. The molecule has 1 nitrogen and oxygen atoms in total. The molecule has 3 aromatic rings. The molecular weight excluding hydrogens is 268 g/mol. The number of benzene rings is 3. The third kappa shape index (κ3) is 3.09. The molecule has 0 aliphatic heterocycles. The summed E-state index contributed by atoms with van der Waals surface area (Å²) in [5, 5.41) is 9.76. The van der Waals surface area contributed by atoms with Crippen molar-refractivity contribution in [3.8, 4) is 5.75 Å². The molecule has 0 radical (unpaired) electrons. The summed E-state index contributed by atoms with van der Waals surface area (Å²) in [7, 11) is 0. The Morgan fingerprint density at radius 3 is 1.86 bits per heavy atom. The van der Waals surface area contributed by atoms with Crippen LogP contribution in [0.1, 0.15) is 22.3 Å². The van der Waals surface area contributed by atoms with Gasteiger partial charge >= 0.3 is 0 Å². The Bertz CT molecular complexity index is 745. The molecule has 0 amide bonds. The van der Waals surface area contributed by atoms with E-state index in [1.165, 1.54) is 0 Å². The molecular formula is C21H18O. The van der Waals surface area contributed by atoms with Gasteiger partial charge in [-0.15, -0.1) is 0 Å². The second kappa shape index (κ2) is 6.31. The molecule has 0 heterocycles. The van der Waals surface area contributed by atoms with Crippen molar-refractivity contribution in [3.05, 3.63) is 101 Å². The van der Waals surface area contributed by atoms with Gasteiger partial charge in [0.2, 0.25) is 0 Å². The summed E-state index contributed by atoms with van der Waals surface area (Å²) in [6.45, 7) is 2.05. The van der Waals surface area contributed by atoms with E-state index in [1.807, 2.05) is 42.5 Å². The van der Waals surface area contributed by atoms with Crippen molar-refractivity contribution < 1.29 is 5.11 Å². The van der Waals surface area contributed by atoms with E-state index in [2.05, 4.69) is 37.3 Å². The zero-order valence-corrected chi connectivity index (χ0v) is 12.5. The van der Waals surface area contributed by atoms with E-state index in [-0.39, 0.29) is 5.75 Å². The van der Waals surface area contributed by atoms with Crippen molar-refractivity contribution in [2.75, 3.05) is 0 Å². The van der Waals surface area contributed by atoms with Gasteiger partial charge in [0.1, 0.15) is 5.75 Å². The average molecular weight is 286 g/mol. The molecule has 0 unspecified atom stereocenters. The fraction of sp³-hybridized carbons (Fsp3) is 0.0476. The summed E-state index contributed by atoms with van der Waals surface area (Å²) in [6, 6.07) is 26.1. The first-order valence-electron chi connectivity index (χ1n) is 7.36. The first kappa shape index (κ1) is 14.2. The predicted octanol–water partition coefficient (Wildman–Crippen LogP) is 5.29. The molecule has 0 saturated carbocycles. The molecule has 108 valence electrons. The van der Waals surface area contributed by atoms with Crippen molar-refractivity contribution >= 4 is 11.6 Å². The Labute approximate surface area is 131 Å². The van der Waals surface area contributed by atoms with Crippen LogP contribution in [0.5, 0.6) is 5.75 Å². The number of aryl methyl sites for hydroxylation is 1. The molecule has 0 aliphatic carbocycles. The van der Waals surface area contributed by atoms with Gasteiger partial charge in [-0.1, -0.05) is 66.7 Å². The van der Waals surface area contributed by atoms with Crippen molar-refractivity contribution in [1.82, 2.24) is 0 Å². The maximum absolute atomic E-state index is 9.76. The van der Waals surface area contributed by atoms with E-state index < -0.39 is 0 Å². The number of phenolic OH excluding ortho intramolecular Hbond substituents is 1. The van der Waals surface area contributed by atoms with Crippen molar-refractivity contribution in [1.29, 1.82) is 0 Å². The quantitative estimate of drug-likeness (QED) is 0.649. The highest BCUT2D eigenvalue weighted by Crippen LogP contribution is 2.28. The summed E-state index contributed by atoms with van der Waals surface area (Å²) in [6.07, 6.45) is 2.14. The molecule has 0 saturated heterocycles. The van der Waals surface area contributed by atoms with Crippen LogP contribution in [0.2, 0.25) is 0 Å². The predicted molar refractivity (Wildman–Crippen MR) is 92.7 cm³/mol. The van der Waals surface area contributed by atoms with Crippen molar-refractivity contribution in [2.45, 2.75) is 6.92 Å². The van der Waals surface area contributed by atoms with Crippen LogP contribution < -0.4 is 0 Å². The third-order valence-electron chi connectivity index (χ3n) is 3.73. The zero-order valence-electron chi connectivity index (χ0n) is 12.5. The number of hydrogen-bond donors (Lipinski definition) is 1. The molecule has 0 fully saturated rings. The Morgan fingerprint density at radius 2 is 1.32 bits per heavy atom. The van der Waals surface area contributed by atoms with Gasteiger partial charge < -0.3 is 5.11 Å². The molecule has 22 heavy (non-hydrogen) atoms. The van der Waals surface area contributed by atoms with Crippen LogP contribution in [0.4, 0.5) is 0 Å². The van der Waals surface area contributed by atoms with Gasteiger partial charge in [0.25, 0.3) is 0 Å². The highest BCUT2D eigenvalue weighted by molar-refractivity contribution is 5.92. The summed E-state index contributed by atoms with van der Waals surface area (Å²) in [5.41, 5.74) is 5.65. The maximum atomic E-state index is 9.76. The van der Waals surface area contributed by atoms with E-state index in [9.17, 15) is 5.11 Å². The molecule has 0 atom stereocenters. The summed E-state index contributed by atoms with van der Waals surface area (Å²) < 4.78 is 0. The van der Waals surface area contributed by atoms with Gasteiger partial charge in [0, 0.05) is 0 Å². The highest BCUT2D eigenvalue weighted by Gasteiger charge is 2.06. The minimum atomic E-state index is 0.289. The lowest BCUT2D eigenvalue weighted by atomic mass is 9.94. The fourth-order valence-corrected chi connectivity index (χ4v) is 2.51. The fourth-order valence-electron chi connectivity index (χ4n) is 2.51. The smallest absolute Gasteiger partial charge is 0.116 e. The standard InChI is InChI=1S/C21H18O/c1-16-12-13-20(22)14-19(16)15-21(17-8-4-2-5-9-17)18-10-6-3-7-11-18/h2-15,22H,1H3. The Morgan fingerprint density at radius 1 is 0.773 bits per heavy atom. The van der Waals surface area contributed by atoms with E-state index >= 15 is 0 Å². The van der Waals surface area contributed by atoms with Gasteiger partial charge in [-0.3, -0.25) is 0 Å². The second-order valence-electron chi connectivity index (χ2n) is 5.33. The van der Waals surface area contributed by atoms with E-state index in [1.54, 1.807) is 12.1 Å². The molecule has 0 aliphatic rings. The normalized spacial score (nSPS) is 10.2. The largest absolute Gasteiger partial charge is 0.508 e. The van der Waals surface area contributed by atoms with Crippen LogP contribution in [0.15, 0.2) is 78.9 Å². The van der Waals surface area contributed by atoms with Gasteiger partial charge in [-0.2, -0.15) is 0 Å². The monoisotopic (exact) mass is 286 g/mol. The first-order valence-corrected chi connectivity index (χ1v) is 7.36. The van der Waals surface area contributed by atoms with Crippen LogP contribution in [-0.4, -0.2) is 5.11 Å². The molecule has 0 bridgehead atoms. The van der Waals surface area contributed by atoms with Crippen LogP contribution in [0.25, 0.3) is 11.6 Å². The number of phenols is 1. The summed E-state index contributed by atoms with van der Waals surface area (Å²) >= 11 is 0. The Hall–Kier alpha value is -2.80. The lowest BCUT2D eigenvalue weighted by Crippen LogP contribution is -1.89. The average Bonchev–Trinajstić information content (AvgIpc) is 2.57. The van der Waals surface area contributed by atoms with Gasteiger partial charge in [-0.05, 0) is 53.0 Å². The van der Waals surface area contributed by atoms with Gasteiger partial charge in [0.05, 0.1) is 0 Å². The number of aromatic hydroxyl groups is 1. The molecule has 0 spiro atoms. The van der Waals surface area contributed by atoms with E-state index in [4.69, 9.17) is 0 Å². The van der Waals surface area contributed by atoms with Crippen LogP contribution in [0.3, 0.4) is 0 Å². The highest BCUT2D eigenvalue weighted by atomic mass is 16.3. The third-order valence-corrected chi connectivity index (χ3v) is 3.73. The SMILES string of the molecule is Cc1ccc(O)cc1C=C(c1ccccc1)c1ccccc1. The number of hydrogen-bond acceptors (Lipinski definition) is 1. The molecule has 0 aromatic heterocycles. The molecule has 1 heteroatoms. The van der Waals surface area contributed by atoms with Crippen LogP contribution in [0, 0.1) is 6.92 Å². The van der Waals surface area contributed by atoms with Crippen LogP contribution >= 0.6 is 0 Å². The van der Waals surface area contributed by atoms with E-state index in [0.717, 1.165) is 27.8 Å². The van der Waals surface area contributed by atoms with Gasteiger partial charge in [0.15, 0.2) is 0 Å². The minimum absolute atomic E-state index is 0.289. The first-order chi connectivity index (χ1) is 10.7. The second-order valence-corrected chi connectivity index (χ2v) is 5.33. The number of rotatable bonds is 3. The zero-order chi connectivity index (χ0) is 15.4.